The van der Waals surface area contributed by atoms with Gasteiger partial charge in [0.2, 0.25) is 15.4 Å². The Morgan fingerprint density at radius 1 is 1.07 bits per heavy atom. The first kappa shape index (κ1) is 23.2. The van der Waals surface area contributed by atoms with E-state index >= 15 is 0 Å². The van der Waals surface area contributed by atoms with Gasteiger partial charge >= 0.3 is 0 Å². The van der Waals surface area contributed by atoms with Crippen LogP contribution in [0.3, 0.4) is 0 Å². The molecule has 160 valence electrons. The van der Waals surface area contributed by atoms with Gasteiger partial charge in [-0.1, -0.05) is 65.0 Å². The molecule has 0 saturated carbocycles. The lowest BCUT2D eigenvalue weighted by atomic mass is 9.87. The van der Waals surface area contributed by atoms with Gasteiger partial charge in [0.25, 0.3) is 10.0 Å². The number of carbonyl (C=O) groups is 1. The molecule has 2 N–H and O–H groups in total. The number of rotatable bonds is 7. The topological polar surface area (TPSA) is 110 Å². The van der Waals surface area contributed by atoms with Crippen molar-refractivity contribution in [3.8, 4) is 5.75 Å². The summed E-state index contributed by atoms with van der Waals surface area (Å²) in [6, 6.07) is 7.72. The number of aromatic nitrogens is 2. The van der Waals surface area contributed by atoms with E-state index in [9.17, 15) is 13.2 Å². The van der Waals surface area contributed by atoms with Crippen molar-refractivity contribution in [1.82, 2.24) is 14.9 Å². The lowest BCUT2D eigenvalue weighted by Gasteiger charge is -2.19. The van der Waals surface area contributed by atoms with E-state index in [1.807, 2.05) is 24.3 Å². The molecule has 0 unspecified atom stereocenters. The van der Waals surface area contributed by atoms with Gasteiger partial charge in [-0.25, -0.2) is 13.1 Å². The SMILES string of the molecule is CC(C)(C)C(=O)Nc1nnc(S(=O)(=O)NCCOc2ccc(C(C)(C)C)cc2)s1. The van der Waals surface area contributed by atoms with E-state index in [4.69, 9.17) is 4.74 Å². The van der Waals surface area contributed by atoms with E-state index in [0.717, 1.165) is 11.3 Å². The van der Waals surface area contributed by atoms with Crippen LogP contribution >= 0.6 is 11.3 Å². The summed E-state index contributed by atoms with van der Waals surface area (Å²) in [6.45, 7) is 11.9. The second kappa shape index (κ2) is 8.76. The van der Waals surface area contributed by atoms with Gasteiger partial charge in [-0.15, -0.1) is 10.2 Å². The van der Waals surface area contributed by atoms with Gasteiger partial charge in [-0.2, -0.15) is 0 Å². The fourth-order valence-electron chi connectivity index (χ4n) is 2.11. The molecule has 0 atom stereocenters. The Morgan fingerprint density at radius 2 is 1.69 bits per heavy atom. The maximum absolute atomic E-state index is 12.3. The number of carbonyl (C=O) groups excluding carboxylic acids is 1. The van der Waals surface area contributed by atoms with Crippen molar-refractivity contribution < 1.29 is 17.9 Å². The molecule has 0 aliphatic carbocycles. The second-order valence-electron chi connectivity index (χ2n) is 8.60. The van der Waals surface area contributed by atoms with Crippen LogP contribution in [0.15, 0.2) is 28.6 Å². The Kier molecular flexibility index (Phi) is 7.02. The number of amides is 1. The van der Waals surface area contributed by atoms with Gasteiger partial charge in [0, 0.05) is 12.0 Å². The normalized spacial score (nSPS) is 12.6. The third kappa shape index (κ3) is 6.76. The quantitative estimate of drug-likeness (QED) is 0.505. The average Bonchev–Trinajstić information content (AvgIpc) is 3.07. The Balaban J connectivity index is 1.87. The molecule has 0 saturated heterocycles. The maximum Gasteiger partial charge on any atom is 0.269 e. The Labute approximate surface area is 176 Å². The minimum Gasteiger partial charge on any atom is -0.492 e. The van der Waals surface area contributed by atoms with E-state index in [1.165, 1.54) is 5.56 Å². The van der Waals surface area contributed by atoms with E-state index in [1.54, 1.807) is 20.8 Å². The van der Waals surface area contributed by atoms with Crippen LogP contribution in [0.4, 0.5) is 5.13 Å². The molecule has 1 aromatic carbocycles. The minimum absolute atomic E-state index is 0.0567. The summed E-state index contributed by atoms with van der Waals surface area (Å²) in [5.41, 5.74) is 0.628. The first-order valence-electron chi connectivity index (χ1n) is 9.17. The number of ether oxygens (including phenoxy) is 1. The van der Waals surface area contributed by atoms with Crippen molar-refractivity contribution in [2.45, 2.75) is 51.3 Å². The van der Waals surface area contributed by atoms with Crippen LogP contribution in [0.25, 0.3) is 0 Å². The van der Waals surface area contributed by atoms with Crippen LogP contribution in [0.2, 0.25) is 0 Å². The number of anilines is 1. The molecule has 0 radical (unpaired) electrons. The fraction of sp³-hybridized carbons (Fsp3) is 0.526. The third-order valence-corrected chi connectivity index (χ3v) is 6.59. The molecule has 0 aliphatic rings. The number of hydrogen-bond acceptors (Lipinski definition) is 7. The zero-order valence-corrected chi connectivity index (χ0v) is 19.2. The minimum atomic E-state index is -3.83. The molecule has 2 aromatic rings. The van der Waals surface area contributed by atoms with Gasteiger partial charge in [-0.3, -0.25) is 4.79 Å². The van der Waals surface area contributed by atoms with Crippen LogP contribution in [-0.2, 0) is 20.2 Å². The van der Waals surface area contributed by atoms with Crippen molar-refractivity contribution in [3.05, 3.63) is 29.8 Å². The molecule has 29 heavy (non-hydrogen) atoms. The van der Waals surface area contributed by atoms with Crippen molar-refractivity contribution in [3.63, 3.8) is 0 Å². The second-order valence-corrected chi connectivity index (χ2v) is 11.5. The van der Waals surface area contributed by atoms with Crippen LogP contribution in [0, 0.1) is 5.41 Å². The first-order valence-corrected chi connectivity index (χ1v) is 11.5. The molecule has 0 bridgehead atoms. The number of nitrogens with one attached hydrogen (secondary N) is 2. The zero-order chi connectivity index (χ0) is 21.9. The number of sulfonamides is 1. The lowest BCUT2D eigenvalue weighted by Crippen LogP contribution is -2.28. The standard InChI is InChI=1S/C19H28N4O4S2/c1-18(2,3)13-7-9-14(10-8-13)27-12-11-20-29(25,26)17-23-22-16(28-17)21-15(24)19(4,5)6/h7-10,20H,11-12H2,1-6H3,(H,21,22,24). The largest absolute Gasteiger partial charge is 0.492 e. The zero-order valence-electron chi connectivity index (χ0n) is 17.6. The van der Waals surface area contributed by atoms with Crippen LogP contribution < -0.4 is 14.8 Å². The number of hydrogen-bond donors (Lipinski definition) is 2. The summed E-state index contributed by atoms with van der Waals surface area (Å²) in [5.74, 6) is 0.400. The van der Waals surface area contributed by atoms with E-state index in [2.05, 4.69) is 41.0 Å². The highest BCUT2D eigenvalue weighted by Gasteiger charge is 2.25. The lowest BCUT2D eigenvalue weighted by molar-refractivity contribution is -0.123. The van der Waals surface area contributed by atoms with Crippen molar-refractivity contribution in [2.75, 3.05) is 18.5 Å². The summed E-state index contributed by atoms with van der Waals surface area (Å²) in [6.07, 6.45) is 0. The van der Waals surface area contributed by atoms with Crippen molar-refractivity contribution >= 4 is 32.4 Å². The summed E-state index contributed by atoms with van der Waals surface area (Å²) < 4.78 is 32.4. The third-order valence-electron chi connectivity index (χ3n) is 3.92. The number of benzene rings is 1. The van der Waals surface area contributed by atoms with E-state index in [0.29, 0.717) is 5.75 Å². The maximum atomic E-state index is 12.3. The molecule has 8 nitrogen and oxygen atoms in total. The molecule has 0 fully saturated rings. The predicted octanol–water partition coefficient (Wildman–Crippen LogP) is 3.18. The Bertz CT molecular complexity index is 940. The van der Waals surface area contributed by atoms with E-state index in [-0.39, 0.29) is 33.9 Å². The molecule has 1 amide bonds. The van der Waals surface area contributed by atoms with Crippen molar-refractivity contribution in [2.24, 2.45) is 5.41 Å². The molecule has 0 spiro atoms. The molecular weight excluding hydrogens is 412 g/mol. The highest BCUT2D eigenvalue weighted by atomic mass is 32.2. The van der Waals surface area contributed by atoms with E-state index < -0.39 is 15.4 Å². The molecule has 2 rings (SSSR count). The molecule has 10 heteroatoms. The summed E-state index contributed by atoms with van der Waals surface area (Å²) in [5, 5.41) is 10.1. The van der Waals surface area contributed by atoms with Gasteiger partial charge in [0.15, 0.2) is 0 Å². The Morgan fingerprint density at radius 3 is 2.24 bits per heavy atom. The predicted molar refractivity (Wildman–Crippen MR) is 114 cm³/mol. The molecule has 1 heterocycles. The summed E-state index contributed by atoms with van der Waals surface area (Å²) in [7, 11) is -3.83. The van der Waals surface area contributed by atoms with Gasteiger partial charge in [0.05, 0.1) is 0 Å². The summed E-state index contributed by atoms with van der Waals surface area (Å²) in [4.78, 5) is 12.0. The van der Waals surface area contributed by atoms with Crippen LogP contribution in [0.1, 0.15) is 47.1 Å². The average molecular weight is 441 g/mol. The molecule has 0 aliphatic heterocycles. The smallest absolute Gasteiger partial charge is 0.269 e. The highest BCUT2D eigenvalue weighted by molar-refractivity contribution is 7.91. The summed E-state index contributed by atoms with van der Waals surface area (Å²) >= 11 is 0.797. The Hall–Kier alpha value is -2.04. The van der Waals surface area contributed by atoms with Crippen molar-refractivity contribution in [1.29, 1.82) is 0 Å². The van der Waals surface area contributed by atoms with Gasteiger partial charge in [0.1, 0.15) is 12.4 Å². The molecular formula is C19H28N4O4S2. The fourth-order valence-corrected chi connectivity index (χ4v) is 4.06. The molecule has 1 aromatic heterocycles. The highest BCUT2D eigenvalue weighted by Crippen LogP contribution is 2.24. The van der Waals surface area contributed by atoms with Gasteiger partial charge in [-0.05, 0) is 23.1 Å². The van der Waals surface area contributed by atoms with Gasteiger partial charge < -0.3 is 10.1 Å². The van der Waals surface area contributed by atoms with Crippen LogP contribution in [-0.4, -0.2) is 37.7 Å². The monoisotopic (exact) mass is 440 g/mol. The van der Waals surface area contributed by atoms with Crippen LogP contribution in [0.5, 0.6) is 5.75 Å². The first-order chi connectivity index (χ1) is 13.3. The number of nitrogens with zero attached hydrogens (tertiary/aromatic N) is 2.